The molecule has 0 bridgehead atoms. The highest BCUT2D eigenvalue weighted by Gasteiger charge is 2.36. The Morgan fingerprint density at radius 3 is 3.07 bits per heavy atom. The van der Waals surface area contributed by atoms with Crippen molar-refractivity contribution in [3.63, 3.8) is 0 Å². The minimum Gasteiger partial charge on any atom is -0.396 e. The fourth-order valence-electron chi connectivity index (χ4n) is 1.79. The minimum atomic E-state index is -0.356. The summed E-state index contributed by atoms with van der Waals surface area (Å²) in [5, 5.41) is 0. The summed E-state index contributed by atoms with van der Waals surface area (Å²) in [5.74, 6) is 0.471. The fraction of sp³-hybridized carbons (Fsp3) is 0.333. The maximum Gasteiger partial charge on any atom is 0.240 e. The van der Waals surface area contributed by atoms with Gasteiger partial charge in [-0.05, 0) is 6.42 Å². The first-order valence-electron chi connectivity index (χ1n) is 4.41. The van der Waals surface area contributed by atoms with E-state index in [9.17, 15) is 4.79 Å². The molecule has 5 heteroatoms. The summed E-state index contributed by atoms with van der Waals surface area (Å²) in [7, 11) is 0. The smallest absolute Gasteiger partial charge is 0.240 e. The van der Waals surface area contributed by atoms with Crippen LogP contribution in [0.3, 0.4) is 0 Å². The second-order valence-corrected chi connectivity index (χ2v) is 3.40. The van der Waals surface area contributed by atoms with Crippen molar-refractivity contribution in [1.29, 1.82) is 0 Å². The molecule has 74 valence electrons. The van der Waals surface area contributed by atoms with E-state index in [2.05, 4.69) is 11.6 Å². The molecule has 14 heavy (non-hydrogen) atoms. The number of amides is 1. The van der Waals surface area contributed by atoms with Crippen LogP contribution < -0.4 is 11.5 Å². The predicted molar refractivity (Wildman–Crippen MR) is 52.9 cm³/mol. The lowest BCUT2D eigenvalue weighted by atomic mass is 10.2. The van der Waals surface area contributed by atoms with Crippen LogP contribution in [0, 0.1) is 0 Å². The maximum atomic E-state index is 11.1. The molecule has 0 radical (unpaired) electrons. The van der Waals surface area contributed by atoms with Gasteiger partial charge in [0.15, 0.2) is 0 Å². The van der Waals surface area contributed by atoms with Crippen LogP contribution in [0.2, 0.25) is 0 Å². The summed E-state index contributed by atoms with van der Waals surface area (Å²) >= 11 is 0. The number of carbonyl (C=O) groups is 1. The van der Waals surface area contributed by atoms with Crippen molar-refractivity contribution < 1.29 is 4.79 Å². The van der Waals surface area contributed by atoms with Crippen LogP contribution in [-0.2, 0) is 4.79 Å². The number of primary amides is 1. The Morgan fingerprint density at radius 2 is 2.43 bits per heavy atom. The number of hydrogen-bond acceptors (Lipinski definition) is 4. The lowest BCUT2D eigenvalue weighted by molar-refractivity contribution is -0.121. The second-order valence-electron chi connectivity index (χ2n) is 3.40. The standard InChI is InChI=1S/C9H12N4O/c1-5-6(10)4-12-8-3-2-7(9(11)14)13(5)8/h4,7H,1-3,10H2,(H2,11,14)/t7-/m0/s1. The van der Waals surface area contributed by atoms with Gasteiger partial charge < -0.3 is 16.4 Å². The molecule has 4 N–H and O–H groups in total. The van der Waals surface area contributed by atoms with E-state index in [1.807, 2.05) is 0 Å². The zero-order valence-corrected chi connectivity index (χ0v) is 7.73. The summed E-state index contributed by atoms with van der Waals surface area (Å²) in [6, 6.07) is -0.339. The monoisotopic (exact) mass is 192 g/mol. The van der Waals surface area contributed by atoms with Crippen LogP contribution in [-0.4, -0.2) is 22.7 Å². The largest absolute Gasteiger partial charge is 0.396 e. The molecule has 2 rings (SSSR count). The summed E-state index contributed by atoms with van der Waals surface area (Å²) in [6.45, 7) is 3.81. The number of nitrogens with two attached hydrogens (primary N) is 2. The highest BCUT2D eigenvalue weighted by molar-refractivity contribution is 5.95. The number of carbonyl (C=O) groups excluding carboxylic acids is 1. The molecule has 0 aliphatic carbocycles. The maximum absolute atomic E-state index is 11.1. The van der Waals surface area contributed by atoms with Crippen molar-refractivity contribution in [2.24, 2.45) is 16.5 Å². The molecule has 0 saturated carbocycles. The van der Waals surface area contributed by atoms with Crippen molar-refractivity contribution in [3.8, 4) is 0 Å². The third kappa shape index (κ3) is 1.09. The number of amidine groups is 1. The van der Waals surface area contributed by atoms with Crippen LogP contribution in [0.25, 0.3) is 0 Å². The Bertz CT molecular complexity index is 369. The Morgan fingerprint density at radius 1 is 1.71 bits per heavy atom. The van der Waals surface area contributed by atoms with Crippen molar-refractivity contribution in [2.45, 2.75) is 18.9 Å². The molecular weight excluding hydrogens is 180 g/mol. The average molecular weight is 192 g/mol. The molecule has 0 aromatic carbocycles. The van der Waals surface area contributed by atoms with Crippen LogP contribution >= 0.6 is 0 Å². The Balaban J connectivity index is 2.35. The van der Waals surface area contributed by atoms with E-state index in [1.54, 1.807) is 11.1 Å². The van der Waals surface area contributed by atoms with E-state index >= 15 is 0 Å². The average Bonchev–Trinajstić information content (AvgIpc) is 2.55. The quantitative estimate of drug-likeness (QED) is 0.596. The van der Waals surface area contributed by atoms with Crippen LogP contribution in [0.1, 0.15) is 12.8 Å². The highest BCUT2D eigenvalue weighted by atomic mass is 16.1. The molecular formula is C9H12N4O. The molecule has 5 nitrogen and oxygen atoms in total. The number of rotatable bonds is 1. The number of nitrogens with zero attached hydrogens (tertiary/aromatic N) is 2. The fourth-order valence-corrected chi connectivity index (χ4v) is 1.79. The van der Waals surface area contributed by atoms with Gasteiger partial charge in [0.05, 0.1) is 17.6 Å². The molecule has 2 aliphatic rings. The first-order chi connectivity index (χ1) is 6.61. The van der Waals surface area contributed by atoms with Crippen molar-refractivity contribution in [2.75, 3.05) is 0 Å². The van der Waals surface area contributed by atoms with E-state index in [4.69, 9.17) is 11.5 Å². The van der Waals surface area contributed by atoms with Gasteiger partial charge in [-0.2, -0.15) is 0 Å². The Hall–Kier alpha value is -1.78. The van der Waals surface area contributed by atoms with Gasteiger partial charge in [-0.25, -0.2) is 4.99 Å². The molecule has 0 aromatic rings. The van der Waals surface area contributed by atoms with Crippen LogP contribution in [0.4, 0.5) is 0 Å². The first kappa shape index (κ1) is 8.80. The van der Waals surface area contributed by atoms with E-state index < -0.39 is 0 Å². The van der Waals surface area contributed by atoms with Gasteiger partial charge >= 0.3 is 0 Å². The van der Waals surface area contributed by atoms with Gasteiger partial charge in [0, 0.05) is 6.42 Å². The van der Waals surface area contributed by atoms with E-state index in [1.165, 1.54) is 0 Å². The Kier molecular flexibility index (Phi) is 1.80. The lowest BCUT2D eigenvalue weighted by Gasteiger charge is -2.28. The second kappa shape index (κ2) is 2.87. The predicted octanol–water partition coefficient (Wildman–Crippen LogP) is -0.338. The normalized spacial score (nSPS) is 25.6. The van der Waals surface area contributed by atoms with Crippen molar-refractivity contribution in [1.82, 2.24) is 4.90 Å². The zero-order valence-electron chi connectivity index (χ0n) is 7.73. The van der Waals surface area contributed by atoms with Crippen molar-refractivity contribution in [3.05, 3.63) is 24.2 Å². The molecule has 0 spiro atoms. The third-order valence-electron chi connectivity index (χ3n) is 2.54. The van der Waals surface area contributed by atoms with Crippen LogP contribution in [0.5, 0.6) is 0 Å². The Labute approximate surface area is 81.8 Å². The van der Waals surface area contributed by atoms with Crippen molar-refractivity contribution >= 4 is 11.7 Å². The van der Waals surface area contributed by atoms with Gasteiger partial charge in [0.25, 0.3) is 0 Å². The summed E-state index contributed by atoms with van der Waals surface area (Å²) < 4.78 is 0. The lowest BCUT2D eigenvalue weighted by Crippen LogP contribution is -2.43. The topological polar surface area (TPSA) is 84.7 Å². The summed E-state index contributed by atoms with van der Waals surface area (Å²) in [5.41, 5.74) is 12.0. The van der Waals surface area contributed by atoms with E-state index in [-0.39, 0.29) is 11.9 Å². The molecule has 2 aliphatic heterocycles. The van der Waals surface area contributed by atoms with E-state index in [0.717, 1.165) is 12.3 Å². The summed E-state index contributed by atoms with van der Waals surface area (Å²) in [4.78, 5) is 17.0. The summed E-state index contributed by atoms with van der Waals surface area (Å²) in [6.07, 6.45) is 3.00. The number of fused-ring (bicyclic) bond motifs is 1. The van der Waals surface area contributed by atoms with Gasteiger partial charge in [-0.3, -0.25) is 4.79 Å². The van der Waals surface area contributed by atoms with Gasteiger partial charge in [-0.15, -0.1) is 0 Å². The van der Waals surface area contributed by atoms with Gasteiger partial charge in [-0.1, -0.05) is 6.58 Å². The third-order valence-corrected chi connectivity index (χ3v) is 2.54. The van der Waals surface area contributed by atoms with E-state index in [0.29, 0.717) is 17.8 Å². The SMILES string of the molecule is C=C1C(N)=CN=C2CC[C@@H](C(N)=O)N12. The molecule has 0 aromatic heterocycles. The molecule has 1 amide bonds. The molecule has 0 unspecified atom stereocenters. The first-order valence-corrected chi connectivity index (χ1v) is 4.41. The van der Waals surface area contributed by atoms with Gasteiger partial charge in [0.2, 0.25) is 5.91 Å². The van der Waals surface area contributed by atoms with Gasteiger partial charge in [0.1, 0.15) is 11.9 Å². The van der Waals surface area contributed by atoms with Crippen LogP contribution in [0.15, 0.2) is 29.2 Å². The number of aliphatic imine (C=N–C) groups is 1. The highest BCUT2D eigenvalue weighted by Crippen LogP contribution is 2.28. The number of hydrogen-bond donors (Lipinski definition) is 2. The molecule has 1 saturated heterocycles. The zero-order chi connectivity index (χ0) is 10.3. The molecule has 1 atom stereocenters. The molecule has 2 heterocycles. The molecule has 1 fully saturated rings. The minimum absolute atomic E-state index is 0.339.